The average molecular weight is 618 g/mol. The summed E-state index contributed by atoms with van der Waals surface area (Å²) in [6.07, 6.45) is 9.57. The number of rotatable bonds is 5. The van der Waals surface area contributed by atoms with Gasteiger partial charge in [-0.15, -0.1) is 0 Å². The highest BCUT2D eigenvalue weighted by atomic mass is 79.9. The molecule has 0 spiro atoms. The van der Waals surface area contributed by atoms with Crippen molar-refractivity contribution in [3.8, 4) is 0 Å². The predicted octanol–water partition coefficient (Wildman–Crippen LogP) is 7.85. The second-order valence-corrected chi connectivity index (χ2v) is 11.5. The predicted molar refractivity (Wildman–Crippen MR) is 158 cm³/mol. The molecule has 0 aliphatic heterocycles. The van der Waals surface area contributed by atoms with E-state index in [1.54, 1.807) is 4.68 Å². The first kappa shape index (κ1) is 24.3. The summed E-state index contributed by atoms with van der Waals surface area (Å²) >= 11 is 7.02. The molecule has 6 rings (SSSR count). The monoisotopic (exact) mass is 616 g/mol. The Morgan fingerprint density at radius 3 is 2.49 bits per heavy atom. The molecule has 5 nitrogen and oxygen atoms in total. The third kappa shape index (κ3) is 4.94. The van der Waals surface area contributed by atoms with Gasteiger partial charge in [0.25, 0.3) is 5.56 Å². The number of halogens is 2. The molecule has 0 radical (unpaired) electrons. The van der Waals surface area contributed by atoms with E-state index < -0.39 is 0 Å². The molecule has 7 heteroatoms. The normalized spacial score (nSPS) is 14.8. The lowest BCUT2D eigenvalue weighted by atomic mass is 9.88. The number of benzene rings is 3. The Bertz CT molecular complexity index is 1680. The van der Waals surface area contributed by atoms with Crippen molar-refractivity contribution in [1.82, 2.24) is 14.2 Å². The van der Waals surface area contributed by atoms with Crippen LogP contribution in [-0.2, 0) is 6.54 Å². The van der Waals surface area contributed by atoms with Crippen molar-refractivity contribution in [1.29, 1.82) is 0 Å². The maximum absolute atomic E-state index is 13.7. The van der Waals surface area contributed by atoms with Gasteiger partial charge in [0.05, 0.1) is 17.1 Å². The first-order valence-electron chi connectivity index (χ1n) is 12.7. The van der Waals surface area contributed by atoms with Gasteiger partial charge in [0, 0.05) is 44.1 Å². The third-order valence-electron chi connectivity index (χ3n) is 7.20. The molecule has 0 bridgehead atoms. The van der Waals surface area contributed by atoms with E-state index in [0.717, 1.165) is 69.0 Å². The third-order valence-corrected chi connectivity index (χ3v) is 8.22. The summed E-state index contributed by atoms with van der Waals surface area (Å²) in [5, 5.41) is 6.47. The van der Waals surface area contributed by atoms with E-state index in [1.165, 1.54) is 12.0 Å². The van der Waals surface area contributed by atoms with Gasteiger partial charge in [-0.1, -0.05) is 81.5 Å². The molecule has 186 valence electrons. The molecule has 1 aliphatic carbocycles. The lowest BCUT2D eigenvalue weighted by Crippen LogP contribution is -2.25. The number of fused-ring (bicyclic) bond motifs is 2. The highest BCUT2D eigenvalue weighted by Crippen LogP contribution is 2.32. The summed E-state index contributed by atoms with van der Waals surface area (Å²) in [6.45, 7) is 0.750. The molecular weight excluding hydrogens is 592 g/mol. The molecule has 1 aliphatic rings. The Morgan fingerprint density at radius 1 is 0.919 bits per heavy atom. The van der Waals surface area contributed by atoms with Gasteiger partial charge >= 0.3 is 0 Å². The van der Waals surface area contributed by atoms with E-state index in [9.17, 15) is 4.79 Å². The standard InChI is InChI=1S/C30H26Br2N4O/c31-23-12-10-20(11-13-23)18-35-19-22(25-8-4-5-9-28(25)35)17-33-36-29(21-6-2-1-3-7-21)34-27-15-14-24(32)16-26(27)30(36)37/h4-5,8-17,19,21H,1-3,6-7,18H2. The molecule has 1 saturated carbocycles. The lowest BCUT2D eigenvalue weighted by molar-refractivity contribution is 0.416. The molecule has 0 atom stereocenters. The van der Waals surface area contributed by atoms with Crippen molar-refractivity contribution in [2.45, 2.75) is 44.6 Å². The van der Waals surface area contributed by atoms with Crippen molar-refractivity contribution < 1.29 is 0 Å². The van der Waals surface area contributed by atoms with Gasteiger partial charge in [-0.05, 0) is 54.8 Å². The van der Waals surface area contributed by atoms with Gasteiger partial charge in [-0.2, -0.15) is 9.78 Å². The van der Waals surface area contributed by atoms with Crippen LogP contribution in [0.1, 0.15) is 55.0 Å². The topological polar surface area (TPSA) is 52.2 Å². The van der Waals surface area contributed by atoms with Crippen molar-refractivity contribution in [3.63, 3.8) is 0 Å². The lowest BCUT2D eigenvalue weighted by Gasteiger charge is -2.22. The zero-order chi connectivity index (χ0) is 25.4. The fraction of sp³-hybridized carbons (Fsp3) is 0.233. The largest absolute Gasteiger partial charge is 0.342 e. The molecule has 0 unspecified atom stereocenters. The van der Waals surface area contributed by atoms with Crippen LogP contribution in [0, 0.1) is 0 Å². The first-order chi connectivity index (χ1) is 18.1. The molecule has 1 fully saturated rings. The number of hydrogen-bond acceptors (Lipinski definition) is 3. The van der Waals surface area contributed by atoms with Gasteiger partial charge in [0.2, 0.25) is 0 Å². The number of nitrogens with zero attached hydrogens (tertiary/aromatic N) is 4. The Hall–Kier alpha value is -3.03. The van der Waals surface area contributed by atoms with Crippen LogP contribution in [0.25, 0.3) is 21.8 Å². The minimum absolute atomic E-state index is 0.123. The zero-order valence-electron chi connectivity index (χ0n) is 20.3. The fourth-order valence-corrected chi connectivity index (χ4v) is 5.94. The molecule has 0 N–H and O–H groups in total. The van der Waals surface area contributed by atoms with Crippen LogP contribution in [0.4, 0.5) is 0 Å². The van der Waals surface area contributed by atoms with Crippen LogP contribution in [0.3, 0.4) is 0 Å². The van der Waals surface area contributed by atoms with E-state index >= 15 is 0 Å². The first-order valence-corrected chi connectivity index (χ1v) is 14.2. The summed E-state index contributed by atoms with van der Waals surface area (Å²) in [7, 11) is 0. The van der Waals surface area contributed by atoms with Gasteiger partial charge < -0.3 is 4.57 Å². The summed E-state index contributed by atoms with van der Waals surface area (Å²) in [4.78, 5) is 18.6. The second-order valence-electron chi connectivity index (χ2n) is 9.68. The van der Waals surface area contributed by atoms with Gasteiger partial charge in [0.1, 0.15) is 5.82 Å². The summed E-state index contributed by atoms with van der Waals surface area (Å²) < 4.78 is 5.71. The van der Waals surface area contributed by atoms with Crippen molar-refractivity contribution >= 4 is 59.9 Å². The maximum Gasteiger partial charge on any atom is 0.282 e. The minimum atomic E-state index is -0.123. The molecule has 0 amide bonds. The summed E-state index contributed by atoms with van der Waals surface area (Å²) in [5.41, 5.74) is 3.93. The van der Waals surface area contributed by atoms with E-state index in [2.05, 4.69) is 85.1 Å². The van der Waals surface area contributed by atoms with E-state index in [1.807, 2.05) is 30.5 Å². The van der Waals surface area contributed by atoms with Gasteiger partial charge in [0.15, 0.2) is 0 Å². The van der Waals surface area contributed by atoms with Gasteiger partial charge in [-0.25, -0.2) is 4.98 Å². The number of hydrogen-bond donors (Lipinski definition) is 0. The van der Waals surface area contributed by atoms with Crippen molar-refractivity contribution in [2.75, 3.05) is 0 Å². The molecule has 37 heavy (non-hydrogen) atoms. The van der Waals surface area contributed by atoms with Crippen LogP contribution >= 0.6 is 31.9 Å². The van der Waals surface area contributed by atoms with Crippen LogP contribution in [0.15, 0.2) is 91.8 Å². The zero-order valence-corrected chi connectivity index (χ0v) is 23.5. The minimum Gasteiger partial charge on any atom is -0.342 e. The van der Waals surface area contributed by atoms with Crippen molar-refractivity contribution in [2.24, 2.45) is 5.10 Å². The van der Waals surface area contributed by atoms with Crippen LogP contribution in [0.5, 0.6) is 0 Å². The smallest absolute Gasteiger partial charge is 0.282 e. The Kier molecular flexibility index (Phi) is 6.82. The van der Waals surface area contributed by atoms with E-state index in [4.69, 9.17) is 10.1 Å². The molecule has 3 aromatic carbocycles. The summed E-state index contributed by atoms with van der Waals surface area (Å²) in [5.74, 6) is 1.01. The quantitative estimate of drug-likeness (QED) is 0.189. The Balaban J connectivity index is 1.45. The van der Waals surface area contributed by atoms with Crippen LogP contribution in [0.2, 0.25) is 0 Å². The highest BCUT2D eigenvalue weighted by Gasteiger charge is 2.22. The van der Waals surface area contributed by atoms with Gasteiger partial charge in [-0.3, -0.25) is 4.79 Å². The highest BCUT2D eigenvalue weighted by molar-refractivity contribution is 9.10. The molecule has 5 aromatic rings. The SMILES string of the molecule is O=c1c2cc(Br)ccc2nc(C2CCCCC2)n1N=Cc1cn(Cc2ccc(Br)cc2)c2ccccc12. The van der Waals surface area contributed by atoms with Crippen molar-refractivity contribution in [3.05, 3.63) is 109 Å². The fourth-order valence-electron chi connectivity index (χ4n) is 5.32. The molecule has 0 saturated heterocycles. The Labute approximate surface area is 232 Å². The van der Waals surface area contributed by atoms with E-state index in [-0.39, 0.29) is 11.5 Å². The molecule has 2 aromatic heterocycles. The van der Waals surface area contributed by atoms with E-state index in [0.29, 0.717) is 5.39 Å². The number of aromatic nitrogens is 3. The molecule has 2 heterocycles. The maximum atomic E-state index is 13.7. The second kappa shape index (κ2) is 10.4. The van der Waals surface area contributed by atoms with Crippen LogP contribution in [-0.4, -0.2) is 20.4 Å². The number of para-hydroxylation sites is 1. The van der Waals surface area contributed by atoms with Crippen LogP contribution < -0.4 is 5.56 Å². The average Bonchev–Trinajstić information content (AvgIpc) is 3.27. The Morgan fingerprint density at radius 2 is 1.68 bits per heavy atom. The summed E-state index contributed by atoms with van der Waals surface area (Å²) in [6, 6.07) is 22.4. The molecular formula is C30H26Br2N4O.